The van der Waals surface area contributed by atoms with Gasteiger partial charge in [0.2, 0.25) is 0 Å². The first-order valence-electron chi connectivity index (χ1n) is 8.25. The van der Waals surface area contributed by atoms with Gasteiger partial charge in [0.05, 0.1) is 11.1 Å². The maximum absolute atomic E-state index is 12.3. The quantitative estimate of drug-likeness (QED) is 0.440. The molecule has 0 aromatic heterocycles. The number of amides is 1. The second-order valence-corrected chi connectivity index (χ2v) is 7.44. The molecule has 0 bridgehead atoms. The largest absolute Gasteiger partial charge is 0.507 e. The van der Waals surface area contributed by atoms with Crippen molar-refractivity contribution in [1.29, 1.82) is 0 Å². The molecule has 0 atom stereocenters. The predicted octanol–water partition coefficient (Wildman–Crippen LogP) is 2.96. The number of carbonyl (C=O) groups excluding carboxylic acids is 1. The van der Waals surface area contributed by atoms with Gasteiger partial charge in [-0.2, -0.15) is 5.10 Å². The summed E-state index contributed by atoms with van der Waals surface area (Å²) in [7, 11) is -3.69. The monoisotopic (exact) mass is 395 g/mol. The van der Waals surface area contributed by atoms with Crippen LogP contribution in [0.1, 0.15) is 15.9 Å². The van der Waals surface area contributed by atoms with Crippen LogP contribution in [0.2, 0.25) is 0 Å². The molecule has 7 nitrogen and oxygen atoms in total. The Morgan fingerprint density at radius 2 is 1.54 bits per heavy atom. The normalized spacial score (nSPS) is 11.3. The van der Waals surface area contributed by atoms with E-state index in [1.54, 1.807) is 36.4 Å². The molecule has 0 saturated carbocycles. The summed E-state index contributed by atoms with van der Waals surface area (Å²) in [6.45, 7) is 0. The molecule has 0 radical (unpaired) electrons. The number of nitrogens with zero attached hydrogens (tertiary/aromatic N) is 1. The summed E-state index contributed by atoms with van der Waals surface area (Å²) >= 11 is 0. The number of rotatable bonds is 6. The van der Waals surface area contributed by atoms with E-state index in [9.17, 15) is 18.3 Å². The van der Waals surface area contributed by atoms with Gasteiger partial charge in [-0.05, 0) is 48.5 Å². The van der Waals surface area contributed by atoms with Gasteiger partial charge in [-0.15, -0.1) is 0 Å². The van der Waals surface area contributed by atoms with Gasteiger partial charge in [0.1, 0.15) is 5.75 Å². The Hall–Kier alpha value is -3.65. The van der Waals surface area contributed by atoms with E-state index in [-0.39, 0.29) is 10.6 Å². The SMILES string of the molecule is O=C(N/N=C/c1ccccc1O)c1ccc(NS(=O)(=O)c2ccccc2)cc1. The highest BCUT2D eigenvalue weighted by Crippen LogP contribution is 2.16. The van der Waals surface area contributed by atoms with E-state index < -0.39 is 15.9 Å². The molecule has 0 aliphatic heterocycles. The lowest BCUT2D eigenvalue weighted by atomic mass is 10.2. The van der Waals surface area contributed by atoms with Crippen LogP contribution < -0.4 is 10.1 Å². The van der Waals surface area contributed by atoms with Crippen molar-refractivity contribution in [2.24, 2.45) is 5.10 Å². The summed E-state index contributed by atoms with van der Waals surface area (Å²) in [5.41, 5.74) is 3.45. The third kappa shape index (κ3) is 4.74. The summed E-state index contributed by atoms with van der Waals surface area (Å²) in [6.07, 6.45) is 1.33. The maximum atomic E-state index is 12.3. The number of phenols is 1. The topological polar surface area (TPSA) is 108 Å². The lowest BCUT2D eigenvalue weighted by Crippen LogP contribution is -2.18. The fraction of sp³-hybridized carbons (Fsp3) is 0. The smallest absolute Gasteiger partial charge is 0.271 e. The molecule has 1 amide bonds. The number of phenolic OH excluding ortho intramolecular Hbond substituents is 1. The van der Waals surface area contributed by atoms with Crippen LogP contribution in [0.3, 0.4) is 0 Å². The number of benzene rings is 3. The maximum Gasteiger partial charge on any atom is 0.271 e. The van der Waals surface area contributed by atoms with Crippen molar-refractivity contribution in [3.05, 3.63) is 90.0 Å². The highest BCUT2D eigenvalue weighted by molar-refractivity contribution is 7.92. The van der Waals surface area contributed by atoms with Crippen molar-refractivity contribution in [2.45, 2.75) is 4.90 Å². The summed E-state index contributed by atoms with van der Waals surface area (Å²) in [4.78, 5) is 12.3. The molecular formula is C20H17N3O4S. The summed E-state index contributed by atoms with van der Waals surface area (Å²) in [6, 6.07) is 20.5. The summed E-state index contributed by atoms with van der Waals surface area (Å²) in [5, 5.41) is 13.4. The lowest BCUT2D eigenvalue weighted by molar-refractivity contribution is 0.0955. The van der Waals surface area contributed by atoms with Gasteiger partial charge in [-0.3, -0.25) is 9.52 Å². The van der Waals surface area contributed by atoms with Crippen LogP contribution >= 0.6 is 0 Å². The number of aromatic hydroxyl groups is 1. The van der Waals surface area contributed by atoms with Crippen LogP contribution in [-0.2, 0) is 10.0 Å². The third-order valence-electron chi connectivity index (χ3n) is 3.76. The Morgan fingerprint density at radius 3 is 2.21 bits per heavy atom. The van der Waals surface area contributed by atoms with Crippen molar-refractivity contribution >= 4 is 27.8 Å². The van der Waals surface area contributed by atoms with E-state index >= 15 is 0 Å². The Kier molecular flexibility index (Phi) is 5.71. The molecule has 0 saturated heterocycles. The Labute approximate surface area is 162 Å². The Balaban J connectivity index is 1.64. The minimum Gasteiger partial charge on any atom is -0.507 e. The highest BCUT2D eigenvalue weighted by Gasteiger charge is 2.13. The number of nitrogens with one attached hydrogen (secondary N) is 2. The van der Waals surface area contributed by atoms with E-state index in [2.05, 4.69) is 15.2 Å². The van der Waals surface area contributed by atoms with Gasteiger partial charge in [-0.25, -0.2) is 13.8 Å². The number of hydrogen-bond donors (Lipinski definition) is 3. The molecule has 8 heteroatoms. The number of hydrazone groups is 1. The van der Waals surface area contributed by atoms with Crippen molar-refractivity contribution in [3.63, 3.8) is 0 Å². The average Bonchev–Trinajstić information content (AvgIpc) is 2.70. The molecule has 3 aromatic rings. The van der Waals surface area contributed by atoms with Crippen molar-refractivity contribution in [1.82, 2.24) is 5.43 Å². The van der Waals surface area contributed by atoms with Crippen LogP contribution in [-0.4, -0.2) is 25.6 Å². The molecule has 3 N–H and O–H groups in total. The molecule has 28 heavy (non-hydrogen) atoms. The molecule has 0 unspecified atom stereocenters. The number of hydrogen-bond acceptors (Lipinski definition) is 5. The van der Waals surface area contributed by atoms with Gasteiger partial charge < -0.3 is 5.11 Å². The first kappa shape index (κ1) is 19.1. The number of anilines is 1. The zero-order valence-corrected chi connectivity index (χ0v) is 15.4. The standard InChI is InChI=1S/C20H17N3O4S/c24-19-9-5-4-6-16(19)14-21-22-20(25)15-10-12-17(13-11-15)23-28(26,27)18-7-2-1-3-8-18/h1-14,23-24H,(H,22,25)/b21-14+. The van der Waals surface area contributed by atoms with Crippen LogP contribution in [0.25, 0.3) is 0 Å². The zero-order valence-electron chi connectivity index (χ0n) is 14.6. The van der Waals surface area contributed by atoms with Gasteiger partial charge >= 0.3 is 0 Å². The van der Waals surface area contributed by atoms with Crippen LogP contribution in [0.15, 0.2) is 88.9 Å². The lowest BCUT2D eigenvalue weighted by Gasteiger charge is -2.08. The summed E-state index contributed by atoms with van der Waals surface area (Å²) in [5.74, 6) is -0.417. The first-order valence-corrected chi connectivity index (χ1v) is 9.73. The second-order valence-electron chi connectivity index (χ2n) is 5.75. The van der Waals surface area contributed by atoms with Crippen molar-refractivity contribution in [3.8, 4) is 5.75 Å². The molecule has 0 aliphatic carbocycles. The minimum absolute atomic E-state index is 0.0514. The van der Waals surface area contributed by atoms with Gasteiger partial charge in [0, 0.05) is 16.8 Å². The molecule has 0 spiro atoms. The van der Waals surface area contributed by atoms with E-state index in [0.717, 1.165) is 0 Å². The molecule has 0 fully saturated rings. The van der Waals surface area contributed by atoms with E-state index in [1.165, 1.54) is 48.7 Å². The van der Waals surface area contributed by atoms with Gasteiger partial charge in [-0.1, -0.05) is 30.3 Å². The first-order chi connectivity index (χ1) is 13.5. The summed E-state index contributed by atoms with van der Waals surface area (Å²) < 4.78 is 27.0. The molecule has 3 aromatic carbocycles. The van der Waals surface area contributed by atoms with Gasteiger partial charge in [0.25, 0.3) is 15.9 Å². The zero-order chi connectivity index (χ0) is 20.0. The molecule has 3 rings (SSSR count). The number of para-hydroxylation sites is 1. The van der Waals surface area contributed by atoms with E-state index in [4.69, 9.17) is 0 Å². The van der Waals surface area contributed by atoms with Crippen LogP contribution in [0, 0.1) is 0 Å². The average molecular weight is 395 g/mol. The highest BCUT2D eigenvalue weighted by atomic mass is 32.2. The molecule has 0 heterocycles. The Morgan fingerprint density at radius 1 is 0.893 bits per heavy atom. The fourth-order valence-corrected chi connectivity index (χ4v) is 3.40. The van der Waals surface area contributed by atoms with E-state index in [0.29, 0.717) is 16.8 Å². The third-order valence-corrected chi connectivity index (χ3v) is 5.16. The minimum atomic E-state index is -3.69. The molecule has 0 aliphatic rings. The van der Waals surface area contributed by atoms with Crippen molar-refractivity contribution < 1.29 is 18.3 Å². The molecular weight excluding hydrogens is 378 g/mol. The second kappa shape index (κ2) is 8.36. The molecule has 142 valence electrons. The predicted molar refractivity (Wildman–Crippen MR) is 107 cm³/mol. The Bertz CT molecular complexity index is 1100. The fourth-order valence-electron chi connectivity index (χ4n) is 2.33. The van der Waals surface area contributed by atoms with Gasteiger partial charge in [0.15, 0.2) is 0 Å². The van der Waals surface area contributed by atoms with Crippen LogP contribution in [0.4, 0.5) is 5.69 Å². The number of carbonyl (C=O) groups is 1. The van der Waals surface area contributed by atoms with E-state index in [1.807, 2.05) is 0 Å². The number of sulfonamides is 1. The van der Waals surface area contributed by atoms with Crippen molar-refractivity contribution in [2.75, 3.05) is 4.72 Å². The van der Waals surface area contributed by atoms with Crippen LogP contribution in [0.5, 0.6) is 5.75 Å².